The summed E-state index contributed by atoms with van der Waals surface area (Å²) in [7, 11) is 1.97. The summed E-state index contributed by atoms with van der Waals surface area (Å²) in [5.74, 6) is 0. The highest BCUT2D eigenvalue weighted by molar-refractivity contribution is 4.42. The molecule has 3 nitrogen and oxygen atoms in total. The highest BCUT2D eigenvalue weighted by Gasteiger charge is 1.89. The molecule has 0 heterocycles. The Bertz CT molecular complexity index is 68.9. The van der Waals surface area contributed by atoms with Gasteiger partial charge in [0.15, 0.2) is 0 Å². The Kier molecular flexibility index (Phi) is 10.8. The van der Waals surface area contributed by atoms with Crippen molar-refractivity contribution < 1.29 is 9.78 Å². The third-order valence-electron chi connectivity index (χ3n) is 1.53. The van der Waals surface area contributed by atoms with Gasteiger partial charge in [-0.3, -0.25) is 0 Å². The van der Waals surface area contributed by atoms with Crippen LogP contribution in [-0.2, 0) is 9.78 Å². The summed E-state index contributed by atoms with van der Waals surface area (Å²) in [5.41, 5.74) is 0. The van der Waals surface area contributed by atoms with Crippen LogP contribution in [0.15, 0.2) is 0 Å². The first-order chi connectivity index (χ1) is 5.91. The van der Waals surface area contributed by atoms with Crippen molar-refractivity contribution in [3.8, 4) is 0 Å². The largest absolute Gasteiger partial charge is 0.320 e. The van der Waals surface area contributed by atoms with Crippen LogP contribution in [0.3, 0.4) is 0 Å². The van der Waals surface area contributed by atoms with Crippen molar-refractivity contribution >= 4 is 0 Å². The van der Waals surface area contributed by atoms with E-state index in [1.165, 1.54) is 12.8 Å². The van der Waals surface area contributed by atoms with E-state index in [-0.39, 0.29) is 0 Å². The molecule has 0 rings (SSSR count). The minimum atomic E-state index is 0.705. The number of hydrogen-bond acceptors (Lipinski definition) is 3. The van der Waals surface area contributed by atoms with Crippen LogP contribution in [0, 0.1) is 0 Å². The summed E-state index contributed by atoms with van der Waals surface area (Å²) in [5, 5.41) is 3.11. The minimum Gasteiger partial charge on any atom is -0.320 e. The number of hydrogen-bond donors (Lipinski definition) is 1. The van der Waals surface area contributed by atoms with Crippen LogP contribution in [0.25, 0.3) is 0 Å². The van der Waals surface area contributed by atoms with E-state index in [4.69, 9.17) is 9.78 Å². The third kappa shape index (κ3) is 9.88. The number of nitrogens with one attached hydrogen (secondary N) is 1. The molecule has 12 heavy (non-hydrogen) atoms. The van der Waals surface area contributed by atoms with Gasteiger partial charge in [-0.2, -0.15) is 0 Å². The molecular weight excluding hydrogens is 154 g/mol. The van der Waals surface area contributed by atoms with Crippen molar-refractivity contribution in [1.29, 1.82) is 0 Å². The molecule has 0 amide bonds. The van der Waals surface area contributed by atoms with Crippen molar-refractivity contribution in [2.24, 2.45) is 0 Å². The monoisotopic (exact) mass is 175 g/mol. The lowest BCUT2D eigenvalue weighted by molar-refractivity contribution is -0.294. The fraction of sp³-hybridized carbons (Fsp3) is 1.00. The van der Waals surface area contributed by atoms with Crippen molar-refractivity contribution in [3.63, 3.8) is 0 Å². The Morgan fingerprint density at radius 3 is 2.42 bits per heavy atom. The SMILES string of the molecule is CCCOOCCCCCNC. The first-order valence-corrected chi connectivity index (χ1v) is 4.80. The summed E-state index contributed by atoms with van der Waals surface area (Å²) in [6.07, 6.45) is 4.52. The molecule has 0 atom stereocenters. The average molecular weight is 175 g/mol. The Morgan fingerprint density at radius 1 is 1.00 bits per heavy atom. The van der Waals surface area contributed by atoms with Crippen LogP contribution in [0.4, 0.5) is 0 Å². The van der Waals surface area contributed by atoms with Gasteiger partial charge in [-0.15, -0.1) is 0 Å². The van der Waals surface area contributed by atoms with Crippen LogP contribution in [-0.4, -0.2) is 26.8 Å². The molecule has 0 spiro atoms. The molecule has 0 aromatic carbocycles. The second-order valence-corrected chi connectivity index (χ2v) is 2.81. The van der Waals surface area contributed by atoms with E-state index in [1.54, 1.807) is 0 Å². The molecule has 3 heteroatoms. The lowest BCUT2D eigenvalue weighted by Crippen LogP contribution is -2.07. The van der Waals surface area contributed by atoms with Crippen LogP contribution < -0.4 is 5.32 Å². The van der Waals surface area contributed by atoms with E-state index < -0.39 is 0 Å². The van der Waals surface area contributed by atoms with E-state index in [1.807, 2.05) is 7.05 Å². The third-order valence-corrected chi connectivity index (χ3v) is 1.53. The van der Waals surface area contributed by atoms with Gasteiger partial charge in [0.1, 0.15) is 0 Å². The molecule has 0 unspecified atom stereocenters. The molecule has 0 saturated carbocycles. The topological polar surface area (TPSA) is 30.5 Å². The lowest BCUT2D eigenvalue weighted by Gasteiger charge is -2.02. The van der Waals surface area contributed by atoms with E-state index >= 15 is 0 Å². The lowest BCUT2D eigenvalue weighted by atomic mass is 10.2. The number of unbranched alkanes of at least 4 members (excludes halogenated alkanes) is 2. The normalized spacial score (nSPS) is 10.5. The maximum absolute atomic E-state index is 4.93. The molecule has 0 saturated heterocycles. The molecule has 74 valence electrons. The van der Waals surface area contributed by atoms with Crippen molar-refractivity contribution in [2.75, 3.05) is 26.8 Å². The molecule has 0 aromatic heterocycles. The second-order valence-electron chi connectivity index (χ2n) is 2.81. The summed E-state index contributed by atoms with van der Waals surface area (Å²) in [6, 6.07) is 0. The Hall–Kier alpha value is -0.120. The second kappa shape index (κ2) is 10.9. The van der Waals surface area contributed by atoms with Crippen LogP contribution >= 0.6 is 0 Å². The summed E-state index contributed by atoms with van der Waals surface area (Å²) in [6.45, 7) is 4.59. The van der Waals surface area contributed by atoms with Crippen LogP contribution in [0.5, 0.6) is 0 Å². The number of rotatable bonds is 9. The predicted octanol–water partition coefficient (Wildman–Crippen LogP) is 1.73. The quantitative estimate of drug-likeness (QED) is 0.329. The first-order valence-electron chi connectivity index (χ1n) is 4.80. The Balaban J connectivity index is 2.73. The Morgan fingerprint density at radius 2 is 1.75 bits per heavy atom. The highest BCUT2D eigenvalue weighted by atomic mass is 17.2. The maximum Gasteiger partial charge on any atom is 0.0822 e. The van der Waals surface area contributed by atoms with Crippen molar-refractivity contribution in [1.82, 2.24) is 5.32 Å². The van der Waals surface area contributed by atoms with Crippen molar-refractivity contribution in [2.45, 2.75) is 32.6 Å². The van der Waals surface area contributed by atoms with Gasteiger partial charge < -0.3 is 5.32 Å². The van der Waals surface area contributed by atoms with Gasteiger partial charge in [0.25, 0.3) is 0 Å². The van der Waals surface area contributed by atoms with Gasteiger partial charge >= 0.3 is 0 Å². The Labute approximate surface area is 75.4 Å². The zero-order valence-electron chi connectivity index (χ0n) is 8.27. The molecule has 0 aliphatic rings. The van der Waals surface area contributed by atoms with Crippen molar-refractivity contribution in [3.05, 3.63) is 0 Å². The fourth-order valence-electron chi connectivity index (χ4n) is 0.841. The highest BCUT2D eigenvalue weighted by Crippen LogP contribution is 1.95. The molecule has 0 bridgehead atoms. The smallest absolute Gasteiger partial charge is 0.0822 e. The molecule has 0 fully saturated rings. The van der Waals surface area contributed by atoms with Crippen LogP contribution in [0.2, 0.25) is 0 Å². The van der Waals surface area contributed by atoms with E-state index in [0.717, 1.165) is 26.0 Å². The average Bonchev–Trinajstić information content (AvgIpc) is 2.10. The standard InChI is InChI=1S/C9H21NO2/c1-3-8-11-12-9-6-4-5-7-10-2/h10H,3-9H2,1-2H3. The van der Waals surface area contributed by atoms with Gasteiger partial charge in [-0.1, -0.05) is 6.92 Å². The van der Waals surface area contributed by atoms with E-state index in [0.29, 0.717) is 6.61 Å². The zero-order chi connectivity index (χ0) is 9.07. The molecule has 0 radical (unpaired) electrons. The predicted molar refractivity (Wildman–Crippen MR) is 50.0 cm³/mol. The first kappa shape index (κ1) is 11.9. The molecule has 1 N–H and O–H groups in total. The molecule has 0 aromatic rings. The fourth-order valence-corrected chi connectivity index (χ4v) is 0.841. The summed E-state index contributed by atoms with van der Waals surface area (Å²) in [4.78, 5) is 9.81. The minimum absolute atomic E-state index is 0.705. The molecule has 0 aliphatic carbocycles. The molecular formula is C9H21NO2. The van der Waals surface area contributed by atoms with E-state index in [9.17, 15) is 0 Å². The summed E-state index contributed by atoms with van der Waals surface area (Å²) >= 11 is 0. The molecule has 0 aliphatic heterocycles. The van der Waals surface area contributed by atoms with Gasteiger partial charge in [0, 0.05) is 0 Å². The van der Waals surface area contributed by atoms with Crippen LogP contribution in [0.1, 0.15) is 32.6 Å². The van der Waals surface area contributed by atoms with E-state index in [2.05, 4.69) is 12.2 Å². The zero-order valence-corrected chi connectivity index (χ0v) is 8.27. The maximum atomic E-state index is 4.93. The van der Waals surface area contributed by atoms with Gasteiger partial charge in [-0.05, 0) is 39.3 Å². The summed E-state index contributed by atoms with van der Waals surface area (Å²) < 4.78 is 0. The van der Waals surface area contributed by atoms with Gasteiger partial charge in [0.2, 0.25) is 0 Å². The van der Waals surface area contributed by atoms with Gasteiger partial charge in [-0.25, -0.2) is 9.78 Å². The van der Waals surface area contributed by atoms with Gasteiger partial charge in [0.05, 0.1) is 13.2 Å².